The highest BCUT2D eigenvalue weighted by atomic mass is 19.1. The Balaban J connectivity index is 1.22. The molecule has 41 heavy (non-hydrogen) atoms. The lowest BCUT2D eigenvalue weighted by molar-refractivity contribution is -0.146. The number of nitrogens with one attached hydrogen (secondary N) is 1. The van der Waals surface area contributed by atoms with Crippen LogP contribution in [0.5, 0.6) is 0 Å². The zero-order valence-electron chi connectivity index (χ0n) is 23.2. The van der Waals surface area contributed by atoms with Crippen molar-refractivity contribution in [2.24, 2.45) is 0 Å². The van der Waals surface area contributed by atoms with E-state index in [0.717, 1.165) is 46.3 Å². The van der Waals surface area contributed by atoms with E-state index in [2.05, 4.69) is 10.5 Å². The van der Waals surface area contributed by atoms with Crippen LogP contribution in [0, 0.1) is 19.7 Å². The van der Waals surface area contributed by atoms with E-state index in [0.29, 0.717) is 35.1 Å². The van der Waals surface area contributed by atoms with Crippen LogP contribution in [-0.2, 0) is 14.9 Å². The molecule has 3 aromatic carbocycles. The molecule has 0 spiro atoms. The average molecular weight is 548 g/mol. The van der Waals surface area contributed by atoms with E-state index in [1.807, 2.05) is 86.6 Å². The van der Waals surface area contributed by atoms with E-state index >= 15 is 0 Å². The summed E-state index contributed by atoms with van der Waals surface area (Å²) in [4.78, 5) is 17.2. The van der Waals surface area contributed by atoms with Gasteiger partial charge in [-0.25, -0.2) is 9.37 Å². The van der Waals surface area contributed by atoms with Gasteiger partial charge in [0.2, 0.25) is 0 Å². The molecule has 5 aromatic rings. The number of ether oxygens (including phenoxy) is 1. The Labute approximate surface area is 238 Å². The number of carbonyl (C=O) groups is 1. The lowest BCUT2D eigenvalue weighted by Crippen LogP contribution is -2.23. The van der Waals surface area contributed by atoms with E-state index in [1.165, 1.54) is 6.07 Å². The summed E-state index contributed by atoms with van der Waals surface area (Å²) < 4.78 is 25.2. The van der Waals surface area contributed by atoms with E-state index < -0.39 is 5.41 Å². The average Bonchev–Trinajstić information content (AvgIpc) is 3.74. The van der Waals surface area contributed by atoms with Crippen molar-refractivity contribution >= 4 is 17.5 Å². The zero-order valence-corrected chi connectivity index (χ0v) is 23.2. The lowest BCUT2D eigenvalue weighted by atomic mass is 9.93. The minimum atomic E-state index is -0.476. The molecule has 7 heteroatoms. The molecule has 1 N–H and O–H groups in total. The van der Waals surface area contributed by atoms with Crippen molar-refractivity contribution in [3.05, 3.63) is 108 Å². The van der Waals surface area contributed by atoms with Gasteiger partial charge in [0.15, 0.2) is 5.76 Å². The van der Waals surface area contributed by atoms with Gasteiger partial charge < -0.3 is 14.6 Å². The first kappa shape index (κ1) is 26.4. The summed E-state index contributed by atoms with van der Waals surface area (Å²) in [5.41, 5.74) is 6.89. The standard InChI is InChI=1S/C34H30FN3O3/c1-4-40-33(39)34(19-20-34)26-17-15-24(16-18-26)23-11-13-25(14-12-23)32-31(22(3)38-41-32)37-30-10-6-9-29(36-30)27-7-5-8-28(35)21(27)2/h5-18H,4,19-20H2,1-3H3,(H,36,37). The van der Waals surface area contributed by atoms with Gasteiger partial charge in [0, 0.05) is 11.1 Å². The largest absolute Gasteiger partial charge is 0.465 e. The van der Waals surface area contributed by atoms with Crippen molar-refractivity contribution < 1.29 is 18.4 Å². The molecule has 0 saturated heterocycles. The SMILES string of the molecule is CCOC(=O)C1(c2ccc(-c3ccc(-c4onc(C)c4Nc4cccc(-c5cccc(F)c5C)n4)cc3)cc2)CC1. The minimum absolute atomic E-state index is 0.130. The zero-order chi connectivity index (χ0) is 28.6. The van der Waals surface area contributed by atoms with Crippen LogP contribution in [-0.4, -0.2) is 22.7 Å². The van der Waals surface area contributed by atoms with Gasteiger partial charge in [-0.3, -0.25) is 4.79 Å². The quantitative estimate of drug-likeness (QED) is 0.198. The number of hydrogen-bond donors (Lipinski definition) is 1. The monoisotopic (exact) mass is 547 g/mol. The fraction of sp³-hybridized carbons (Fsp3) is 0.206. The second kappa shape index (κ2) is 10.7. The Kier molecular flexibility index (Phi) is 6.87. The van der Waals surface area contributed by atoms with Crippen molar-refractivity contribution in [3.63, 3.8) is 0 Å². The van der Waals surface area contributed by atoms with Gasteiger partial charge in [0.1, 0.15) is 23.0 Å². The van der Waals surface area contributed by atoms with Gasteiger partial charge in [-0.05, 0) is 74.1 Å². The molecule has 0 aliphatic heterocycles. The molecule has 6 nitrogen and oxygen atoms in total. The third-order valence-electron chi connectivity index (χ3n) is 7.74. The number of aryl methyl sites for hydroxylation is 1. The molecule has 206 valence electrons. The second-order valence-corrected chi connectivity index (χ2v) is 10.4. The number of hydrogen-bond acceptors (Lipinski definition) is 6. The Bertz CT molecular complexity index is 1720. The molecule has 1 aliphatic carbocycles. The van der Waals surface area contributed by atoms with Gasteiger partial charge in [-0.15, -0.1) is 0 Å². The van der Waals surface area contributed by atoms with Gasteiger partial charge in [-0.2, -0.15) is 0 Å². The maximum absolute atomic E-state index is 14.1. The molecule has 1 aliphatic rings. The number of rotatable bonds is 8. The third-order valence-corrected chi connectivity index (χ3v) is 7.74. The second-order valence-electron chi connectivity index (χ2n) is 10.4. The smallest absolute Gasteiger partial charge is 0.316 e. The molecule has 0 atom stereocenters. The number of carbonyl (C=O) groups excluding carboxylic acids is 1. The fourth-order valence-corrected chi connectivity index (χ4v) is 5.18. The first-order valence-corrected chi connectivity index (χ1v) is 13.7. The van der Waals surface area contributed by atoms with Crippen molar-refractivity contribution in [3.8, 4) is 33.7 Å². The summed E-state index contributed by atoms with van der Waals surface area (Å²) in [5.74, 6) is 0.813. The summed E-state index contributed by atoms with van der Waals surface area (Å²) in [6, 6.07) is 26.8. The normalized spacial score (nSPS) is 13.6. The van der Waals surface area contributed by atoms with Crippen LogP contribution in [0.25, 0.3) is 33.7 Å². The molecular formula is C34H30FN3O3. The van der Waals surface area contributed by atoms with Crippen LogP contribution < -0.4 is 5.32 Å². The molecule has 1 fully saturated rings. The molecule has 0 bridgehead atoms. The Hall–Kier alpha value is -4.78. The Morgan fingerprint density at radius 3 is 2.27 bits per heavy atom. The summed E-state index contributed by atoms with van der Waals surface area (Å²) in [5, 5.41) is 7.54. The maximum Gasteiger partial charge on any atom is 0.316 e. The number of aromatic nitrogens is 2. The van der Waals surface area contributed by atoms with Crippen molar-refractivity contribution in [2.75, 3.05) is 11.9 Å². The van der Waals surface area contributed by atoms with E-state index in [1.54, 1.807) is 13.0 Å². The summed E-state index contributed by atoms with van der Waals surface area (Å²) in [6.45, 7) is 5.85. The van der Waals surface area contributed by atoms with Crippen LogP contribution in [0.2, 0.25) is 0 Å². The number of esters is 1. The first-order chi connectivity index (χ1) is 19.9. The molecule has 0 unspecified atom stereocenters. The fourth-order valence-electron chi connectivity index (χ4n) is 5.18. The highest BCUT2D eigenvalue weighted by molar-refractivity contribution is 5.87. The first-order valence-electron chi connectivity index (χ1n) is 13.7. The van der Waals surface area contributed by atoms with Crippen molar-refractivity contribution in [2.45, 2.75) is 39.0 Å². The van der Waals surface area contributed by atoms with Gasteiger partial charge in [0.25, 0.3) is 0 Å². The van der Waals surface area contributed by atoms with E-state index in [4.69, 9.17) is 14.2 Å². The Morgan fingerprint density at radius 1 is 0.927 bits per heavy atom. The van der Waals surface area contributed by atoms with Crippen molar-refractivity contribution in [1.29, 1.82) is 0 Å². The number of anilines is 2. The third kappa shape index (κ3) is 4.99. The summed E-state index contributed by atoms with van der Waals surface area (Å²) in [7, 11) is 0. The van der Waals surface area contributed by atoms with Crippen LogP contribution in [0.4, 0.5) is 15.9 Å². The molecular weight excluding hydrogens is 517 g/mol. The van der Waals surface area contributed by atoms with Crippen LogP contribution >= 0.6 is 0 Å². The van der Waals surface area contributed by atoms with Crippen LogP contribution in [0.15, 0.2) is 89.5 Å². The topological polar surface area (TPSA) is 77.2 Å². The maximum atomic E-state index is 14.1. The molecule has 6 rings (SSSR count). The van der Waals surface area contributed by atoms with Crippen molar-refractivity contribution in [1.82, 2.24) is 10.1 Å². The van der Waals surface area contributed by atoms with Gasteiger partial charge >= 0.3 is 5.97 Å². The van der Waals surface area contributed by atoms with E-state index in [-0.39, 0.29) is 11.8 Å². The number of benzene rings is 3. The summed E-state index contributed by atoms with van der Waals surface area (Å²) >= 11 is 0. The molecule has 1 saturated carbocycles. The molecule has 0 amide bonds. The van der Waals surface area contributed by atoms with E-state index in [9.17, 15) is 9.18 Å². The number of pyridine rings is 1. The highest BCUT2D eigenvalue weighted by Crippen LogP contribution is 2.49. The van der Waals surface area contributed by atoms with Gasteiger partial charge in [0.05, 0.1) is 17.7 Å². The van der Waals surface area contributed by atoms with Crippen LogP contribution in [0.1, 0.15) is 36.6 Å². The number of halogens is 1. The van der Waals surface area contributed by atoms with Gasteiger partial charge in [-0.1, -0.05) is 71.9 Å². The molecule has 2 aromatic heterocycles. The number of nitrogens with zero attached hydrogens (tertiary/aromatic N) is 2. The molecule has 2 heterocycles. The predicted octanol–water partition coefficient (Wildman–Crippen LogP) is 8.16. The highest BCUT2D eigenvalue weighted by Gasteiger charge is 2.52. The summed E-state index contributed by atoms with van der Waals surface area (Å²) in [6.07, 6.45) is 1.66. The predicted molar refractivity (Wildman–Crippen MR) is 157 cm³/mol. The Morgan fingerprint density at radius 2 is 1.59 bits per heavy atom. The minimum Gasteiger partial charge on any atom is -0.465 e. The lowest BCUT2D eigenvalue weighted by Gasteiger charge is -2.14. The van der Waals surface area contributed by atoms with Crippen LogP contribution in [0.3, 0.4) is 0 Å². The molecule has 0 radical (unpaired) electrons.